The van der Waals surface area contributed by atoms with E-state index in [2.05, 4.69) is 9.88 Å². The summed E-state index contributed by atoms with van der Waals surface area (Å²) >= 11 is 4.99. The lowest BCUT2D eigenvalue weighted by Gasteiger charge is -2.28. The Labute approximate surface area is 101 Å². The Morgan fingerprint density at radius 3 is 3.00 bits per heavy atom. The molecule has 2 bridgehead atoms. The molecule has 1 saturated heterocycles. The van der Waals surface area contributed by atoms with Gasteiger partial charge in [-0.15, -0.1) is 0 Å². The normalized spacial score (nSPS) is 27.4. The highest BCUT2D eigenvalue weighted by Gasteiger charge is 2.38. The molecule has 0 spiro atoms. The lowest BCUT2D eigenvalue weighted by atomic mass is 10.1. The van der Waals surface area contributed by atoms with Crippen LogP contribution >= 0.6 is 12.2 Å². The molecular formula is C12H15N3S. The van der Waals surface area contributed by atoms with Crippen LogP contribution in [-0.2, 0) is 0 Å². The second kappa shape index (κ2) is 3.70. The van der Waals surface area contributed by atoms with E-state index in [1.165, 1.54) is 19.3 Å². The molecule has 2 aliphatic rings. The number of nitrogens with two attached hydrogens (primary N) is 1. The lowest BCUT2D eigenvalue weighted by molar-refractivity contribution is 0.550. The summed E-state index contributed by atoms with van der Waals surface area (Å²) in [5, 5.41) is 0. The quantitative estimate of drug-likeness (QED) is 0.790. The standard InChI is InChI=1S/C12H15N3S/c13-12(16)9-3-4-14-11(6-9)15-7-8-1-2-10(15)5-8/h3-4,6,8,10H,1-2,5,7H2,(H2,13,16). The first-order valence-corrected chi connectivity index (χ1v) is 6.17. The fraction of sp³-hybridized carbons (Fsp3) is 0.500. The minimum Gasteiger partial charge on any atom is -0.389 e. The van der Waals surface area contributed by atoms with Crippen LogP contribution in [0.15, 0.2) is 18.3 Å². The summed E-state index contributed by atoms with van der Waals surface area (Å²) in [6.07, 6.45) is 5.83. The first-order valence-electron chi connectivity index (χ1n) is 5.76. The van der Waals surface area contributed by atoms with Crippen LogP contribution in [0, 0.1) is 5.92 Å². The largest absolute Gasteiger partial charge is 0.389 e. The highest BCUT2D eigenvalue weighted by atomic mass is 32.1. The van der Waals surface area contributed by atoms with Gasteiger partial charge in [0.2, 0.25) is 0 Å². The third kappa shape index (κ3) is 1.57. The minimum absolute atomic E-state index is 0.452. The van der Waals surface area contributed by atoms with Crippen LogP contribution in [-0.4, -0.2) is 22.6 Å². The van der Waals surface area contributed by atoms with Crippen molar-refractivity contribution in [1.29, 1.82) is 0 Å². The fourth-order valence-corrected chi connectivity index (χ4v) is 3.06. The number of hydrogen-bond donors (Lipinski definition) is 1. The summed E-state index contributed by atoms with van der Waals surface area (Å²) < 4.78 is 0. The van der Waals surface area contributed by atoms with E-state index in [1.54, 1.807) is 6.20 Å². The van der Waals surface area contributed by atoms with Crippen LogP contribution < -0.4 is 10.6 Å². The summed E-state index contributed by atoms with van der Waals surface area (Å²) in [5.74, 6) is 1.91. The van der Waals surface area contributed by atoms with Crippen LogP contribution in [0.3, 0.4) is 0 Å². The number of pyridine rings is 1. The molecule has 84 valence electrons. The van der Waals surface area contributed by atoms with Gasteiger partial charge in [-0.25, -0.2) is 4.98 Å². The molecule has 2 N–H and O–H groups in total. The number of nitrogens with zero attached hydrogens (tertiary/aromatic N) is 2. The second-order valence-electron chi connectivity index (χ2n) is 4.75. The average molecular weight is 233 g/mol. The molecule has 0 aromatic carbocycles. The van der Waals surface area contributed by atoms with Crippen molar-refractivity contribution in [2.45, 2.75) is 25.3 Å². The molecule has 0 amide bonds. The van der Waals surface area contributed by atoms with Gasteiger partial charge >= 0.3 is 0 Å². The topological polar surface area (TPSA) is 42.1 Å². The molecule has 4 heteroatoms. The van der Waals surface area contributed by atoms with E-state index in [4.69, 9.17) is 18.0 Å². The summed E-state index contributed by atoms with van der Waals surface area (Å²) in [5.41, 5.74) is 6.56. The molecule has 1 aliphatic heterocycles. The summed E-state index contributed by atoms with van der Waals surface area (Å²) in [6, 6.07) is 4.59. The van der Waals surface area contributed by atoms with Crippen LogP contribution in [0.2, 0.25) is 0 Å². The molecular weight excluding hydrogens is 218 g/mol. The maximum Gasteiger partial charge on any atom is 0.129 e. The number of rotatable bonds is 2. The predicted molar refractivity (Wildman–Crippen MR) is 68.6 cm³/mol. The van der Waals surface area contributed by atoms with E-state index >= 15 is 0 Å². The van der Waals surface area contributed by atoms with E-state index in [-0.39, 0.29) is 0 Å². The van der Waals surface area contributed by atoms with Gasteiger partial charge < -0.3 is 10.6 Å². The summed E-state index contributed by atoms with van der Waals surface area (Å²) in [4.78, 5) is 7.30. The zero-order valence-corrected chi connectivity index (χ0v) is 9.91. The van der Waals surface area contributed by atoms with E-state index in [0.717, 1.165) is 23.8 Å². The zero-order valence-electron chi connectivity index (χ0n) is 9.10. The van der Waals surface area contributed by atoms with Gasteiger partial charge in [0.05, 0.1) is 0 Å². The third-order valence-electron chi connectivity index (χ3n) is 3.73. The van der Waals surface area contributed by atoms with Gasteiger partial charge in [0.15, 0.2) is 0 Å². The fourth-order valence-electron chi connectivity index (χ4n) is 2.93. The smallest absolute Gasteiger partial charge is 0.129 e. The number of hydrogen-bond acceptors (Lipinski definition) is 3. The van der Waals surface area contributed by atoms with Gasteiger partial charge in [0.25, 0.3) is 0 Å². The Morgan fingerprint density at radius 2 is 2.38 bits per heavy atom. The van der Waals surface area contributed by atoms with E-state index < -0.39 is 0 Å². The Hall–Kier alpha value is -1.16. The maximum absolute atomic E-state index is 5.64. The molecule has 3 rings (SSSR count). The summed E-state index contributed by atoms with van der Waals surface area (Å²) in [6.45, 7) is 1.15. The molecule has 2 heterocycles. The van der Waals surface area contributed by atoms with Gasteiger partial charge in [0.1, 0.15) is 10.8 Å². The molecule has 1 aromatic heterocycles. The van der Waals surface area contributed by atoms with Gasteiger partial charge in [-0.05, 0) is 37.3 Å². The van der Waals surface area contributed by atoms with Gasteiger partial charge in [-0.1, -0.05) is 12.2 Å². The molecule has 2 unspecified atom stereocenters. The van der Waals surface area contributed by atoms with Crippen molar-refractivity contribution in [3.05, 3.63) is 23.9 Å². The SMILES string of the molecule is NC(=S)c1ccnc(N2CC3CCC2C3)c1. The van der Waals surface area contributed by atoms with Crippen LogP contribution in [0.1, 0.15) is 24.8 Å². The predicted octanol–water partition coefficient (Wildman–Crippen LogP) is 1.70. The molecule has 2 fully saturated rings. The van der Waals surface area contributed by atoms with Crippen molar-refractivity contribution in [3.8, 4) is 0 Å². The Bertz CT molecular complexity index is 432. The molecule has 1 saturated carbocycles. The maximum atomic E-state index is 5.64. The Kier molecular flexibility index (Phi) is 2.32. The number of fused-ring (bicyclic) bond motifs is 2. The minimum atomic E-state index is 0.452. The number of aromatic nitrogens is 1. The van der Waals surface area contributed by atoms with Crippen molar-refractivity contribution in [3.63, 3.8) is 0 Å². The molecule has 0 radical (unpaired) electrons. The second-order valence-corrected chi connectivity index (χ2v) is 5.19. The van der Waals surface area contributed by atoms with Gasteiger partial charge in [-0.3, -0.25) is 0 Å². The highest BCUT2D eigenvalue weighted by Crippen LogP contribution is 2.39. The Morgan fingerprint density at radius 1 is 1.50 bits per heavy atom. The first-order chi connectivity index (χ1) is 7.74. The van der Waals surface area contributed by atoms with Crippen LogP contribution in [0.5, 0.6) is 0 Å². The summed E-state index contributed by atoms with van der Waals surface area (Å²) in [7, 11) is 0. The van der Waals surface area contributed by atoms with Crippen molar-refractivity contribution >= 4 is 23.0 Å². The van der Waals surface area contributed by atoms with Gasteiger partial charge in [-0.2, -0.15) is 0 Å². The van der Waals surface area contributed by atoms with Crippen molar-refractivity contribution in [1.82, 2.24) is 4.98 Å². The first kappa shape index (κ1) is 10.0. The third-order valence-corrected chi connectivity index (χ3v) is 3.97. The number of anilines is 1. The number of thiocarbonyl (C=S) groups is 1. The monoisotopic (exact) mass is 233 g/mol. The van der Waals surface area contributed by atoms with Crippen LogP contribution in [0.4, 0.5) is 5.82 Å². The van der Waals surface area contributed by atoms with Gasteiger partial charge in [0, 0.05) is 24.3 Å². The molecule has 2 atom stereocenters. The zero-order chi connectivity index (χ0) is 11.1. The number of piperidine rings is 1. The molecule has 1 aliphatic carbocycles. The average Bonchev–Trinajstić information content (AvgIpc) is 2.91. The van der Waals surface area contributed by atoms with Crippen molar-refractivity contribution in [2.24, 2.45) is 11.7 Å². The lowest BCUT2D eigenvalue weighted by Crippen LogP contribution is -2.32. The van der Waals surface area contributed by atoms with Crippen molar-refractivity contribution < 1.29 is 0 Å². The Balaban J connectivity index is 1.89. The van der Waals surface area contributed by atoms with E-state index in [1.807, 2.05) is 12.1 Å². The van der Waals surface area contributed by atoms with E-state index in [9.17, 15) is 0 Å². The highest BCUT2D eigenvalue weighted by molar-refractivity contribution is 7.80. The van der Waals surface area contributed by atoms with Crippen molar-refractivity contribution in [2.75, 3.05) is 11.4 Å². The molecule has 3 nitrogen and oxygen atoms in total. The molecule has 16 heavy (non-hydrogen) atoms. The van der Waals surface area contributed by atoms with E-state index in [0.29, 0.717) is 11.0 Å². The molecule has 1 aromatic rings. The van der Waals surface area contributed by atoms with Crippen LogP contribution in [0.25, 0.3) is 0 Å².